The fraction of sp³-hybridized carbons (Fsp3) is 0.550. The number of benzene rings is 1. The van der Waals surface area contributed by atoms with Crippen molar-refractivity contribution in [1.29, 1.82) is 0 Å². The summed E-state index contributed by atoms with van der Waals surface area (Å²) in [6.45, 7) is 2.01. The highest BCUT2D eigenvalue weighted by molar-refractivity contribution is 5.77. The van der Waals surface area contributed by atoms with Crippen molar-refractivity contribution >= 4 is 17.2 Å². The van der Waals surface area contributed by atoms with E-state index >= 15 is 0 Å². The highest BCUT2D eigenvalue weighted by atomic mass is 19.1. The Labute approximate surface area is 143 Å². The van der Waals surface area contributed by atoms with Gasteiger partial charge in [0, 0.05) is 18.3 Å². The molecule has 1 spiro atoms. The molecule has 0 heterocycles. The van der Waals surface area contributed by atoms with Gasteiger partial charge in [0.25, 0.3) is 0 Å². The van der Waals surface area contributed by atoms with Crippen LogP contribution >= 0.6 is 0 Å². The quantitative estimate of drug-likeness (QED) is 0.821. The van der Waals surface area contributed by atoms with Crippen LogP contribution in [0.15, 0.2) is 24.3 Å². The predicted octanol–water partition coefficient (Wildman–Crippen LogP) is 4.94. The highest BCUT2D eigenvalue weighted by Crippen LogP contribution is 2.58. The molecule has 1 aromatic carbocycles. The summed E-state index contributed by atoms with van der Waals surface area (Å²) in [6.07, 6.45) is 7.88. The molecule has 1 atom stereocenters. The molecule has 2 N–H and O–H groups in total. The molecule has 0 amide bonds. The Morgan fingerprint density at radius 1 is 1.29 bits per heavy atom. The van der Waals surface area contributed by atoms with Gasteiger partial charge in [-0.3, -0.25) is 4.79 Å². The zero-order valence-electron chi connectivity index (χ0n) is 14.4. The minimum atomic E-state index is -0.631. The summed E-state index contributed by atoms with van der Waals surface area (Å²) in [5.41, 5.74) is 3.08. The van der Waals surface area contributed by atoms with Crippen LogP contribution in [0, 0.1) is 23.1 Å². The fourth-order valence-corrected chi connectivity index (χ4v) is 4.77. The number of carboxylic acid groups (broad SMARTS) is 1. The van der Waals surface area contributed by atoms with Crippen LogP contribution in [0.1, 0.15) is 51.0 Å². The van der Waals surface area contributed by atoms with Gasteiger partial charge in [-0.25, -0.2) is 4.39 Å². The van der Waals surface area contributed by atoms with E-state index in [0.717, 1.165) is 49.8 Å². The summed E-state index contributed by atoms with van der Waals surface area (Å²) in [6, 6.07) is 4.87. The lowest BCUT2D eigenvalue weighted by Crippen LogP contribution is -2.47. The van der Waals surface area contributed by atoms with Crippen LogP contribution in [0.25, 0.3) is 5.57 Å². The maximum Gasteiger partial charge on any atom is 0.307 e. The van der Waals surface area contributed by atoms with Crippen molar-refractivity contribution in [3.8, 4) is 0 Å². The first-order chi connectivity index (χ1) is 11.5. The van der Waals surface area contributed by atoms with Crippen molar-refractivity contribution < 1.29 is 14.3 Å². The Morgan fingerprint density at radius 3 is 2.46 bits per heavy atom. The summed E-state index contributed by atoms with van der Waals surface area (Å²) < 4.78 is 13.8. The Balaban J connectivity index is 1.78. The number of hydrogen-bond acceptors (Lipinski definition) is 2. The molecule has 2 fully saturated rings. The van der Waals surface area contributed by atoms with Gasteiger partial charge in [0.2, 0.25) is 0 Å². The number of carbonyl (C=O) groups is 1. The molecule has 0 aliphatic heterocycles. The number of carboxylic acids is 1. The van der Waals surface area contributed by atoms with Crippen LogP contribution in [-0.4, -0.2) is 18.1 Å². The van der Waals surface area contributed by atoms with E-state index in [9.17, 15) is 14.3 Å². The van der Waals surface area contributed by atoms with E-state index in [2.05, 4.69) is 11.4 Å². The SMILES string of the molecule is C/C=C(\c1cc(F)ccc1NC)[C@H]1CC[C@]2(CC[C@@H]2C(=O)O)CC1. The van der Waals surface area contributed by atoms with Crippen LogP contribution in [-0.2, 0) is 4.79 Å². The minimum absolute atomic E-state index is 0.0228. The largest absolute Gasteiger partial charge is 0.481 e. The van der Waals surface area contributed by atoms with Crippen molar-refractivity contribution in [3.63, 3.8) is 0 Å². The zero-order chi connectivity index (χ0) is 17.3. The van der Waals surface area contributed by atoms with Gasteiger partial charge in [-0.15, -0.1) is 0 Å². The number of allylic oxidation sites excluding steroid dienone is 2. The molecule has 0 saturated heterocycles. The van der Waals surface area contributed by atoms with Crippen molar-refractivity contribution in [2.45, 2.75) is 45.4 Å². The summed E-state index contributed by atoms with van der Waals surface area (Å²) >= 11 is 0. The van der Waals surface area contributed by atoms with E-state index < -0.39 is 5.97 Å². The normalized spacial score (nSPS) is 30.0. The van der Waals surface area contributed by atoms with Gasteiger partial charge < -0.3 is 10.4 Å². The van der Waals surface area contributed by atoms with Crippen LogP contribution in [0.5, 0.6) is 0 Å². The fourth-order valence-electron chi connectivity index (χ4n) is 4.77. The second-order valence-corrected chi connectivity index (χ2v) is 7.25. The van der Waals surface area contributed by atoms with Gasteiger partial charge in [-0.05, 0) is 80.6 Å². The van der Waals surface area contributed by atoms with Crippen LogP contribution in [0.4, 0.5) is 10.1 Å². The van der Waals surface area contributed by atoms with Gasteiger partial charge in [-0.1, -0.05) is 6.08 Å². The number of hydrogen-bond donors (Lipinski definition) is 2. The Hall–Kier alpha value is -1.84. The summed E-state index contributed by atoms with van der Waals surface area (Å²) in [7, 11) is 1.85. The Kier molecular flexibility index (Phi) is 4.66. The number of nitrogens with one attached hydrogen (secondary N) is 1. The molecular formula is C20H26FNO2. The summed E-state index contributed by atoms with van der Waals surface area (Å²) in [5.74, 6) is -0.631. The van der Waals surface area contributed by atoms with Crippen molar-refractivity contribution in [2.24, 2.45) is 17.3 Å². The topological polar surface area (TPSA) is 49.3 Å². The van der Waals surface area contributed by atoms with E-state index in [-0.39, 0.29) is 17.2 Å². The molecule has 0 aromatic heterocycles. The zero-order valence-corrected chi connectivity index (χ0v) is 14.4. The average molecular weight is 331 g/mol. The third kappa shape index (κ3) is 2.83. The van der Waals surface area contributed by atoms with Crippen molar-refractivity contribution in [3.05, 3.63) is 35.7 Å². The molecule has 0 unspecified atom stereocenters. The maximum absolute atomic E-state index is 13.8. The van der Waals surface area contributed by atoms with E-state index in [1.165, 1.54) is 11.6 Å². The molecule has 3 rings (SSSR count). The standard InChI is InChI=1S/C20H26FNO2/c1-3-15(16-12-14(21)4-5-18(16)22-2)13-6-9-20(10-7-13)11-8-17(20)19(23)24/h3-5,12-13,17,22H,6-11H2,1-2H3,(H,23,24)/b15-3-/t13-,17-,20+/m1/s1. The molecule has 3 nitrogen and oxygen atoms in total. The van der Waals surface area contributed by atoms with Crippen LogP contribution < -0.4 is 5.32 Å². The second kappa shape index (κ2) is 6.58. The molecule has 2 saturated carbocycles. The van der Waals surface area contributed by atoms with E-state index in [0.29, 0.717) is 5.92 Å². The van der Waals surface area contributed by atoms with Crippen LogP contribution in [0.3, 0.4) is 0 Å². The lowest BCUT2D eigenvalue weighted by molar-refractivity contribution is -0.157. The summed E-state index contributed by atoms with van der Waals surface area (Å²) in [4.78, 5) is 11.4. The third-order valence-electron chi connectivity index (χ3n) is 6.26. The highest BCUT2D eigenvalue weighted by Gasteiger charge is 2.52. The van der Waals surface area contributed by atoms with E-state index in [1.54, 1.807) is 12.1 Å². The lowest BCUT2D eigenvalue weighted by atomic mass is 9.52. The van der Waals surface area contributed by atoms with Gasteiger partial charge in [0.15, 0.2) is 0 Å². The molecule has 0 radical (unpaired) electrons. The van der Waals surface area contributed by atoms with Crippen molar-refractivity contribution in [2.75, 3.05) is 12.4 Å². The second-order valence-electron chi connectivity index (χ2n) is 7.25. The van der Waals surface area contributed by atoms with E-state index in [4.69, 9.17) is 0 Å². The van der Waals surface area contributed by atoms with Gasteiger partial charge in [-0.2, -0.15) is 0 Å². The first-order valence-electron chi connectivity index (χ1n) is 8.87. The van der Waals surface area contributed by atoms with Crippen molar-refractivity contribution in [1.82, 2.24) is 0 Å². The molecule has 2 aliphatic rings. The number of rotatable bonds is 4. The molecule has 130 valence electrons. The molecular weight excluding hydrogens is 305 g/mol. The maximum atomic E-state index is 13.8. The number of halogens is 1. The number of aliphatic carboxylic acids is 1. The predicted molar refractivity (Wildman–Crippen MR) is 94.3 cm³/mol. The molecule has 2 aliphatic carbocycles. The Morgan fingerprint density at radius 2 is 1.96 bits per heavy atom. The molecule has 24 heavy (non-hydrogen) atoms. The van der Waals surface area contributed by atoms with Gasteiger partial charge >= 0.3 is 5.97 Å². The molecule has 1 aromatic rings. The first-order valence-corrected chi connectivity index (χ1v) is 8.87. The first kappa shape index (κ1) is 17.0. The summed E-state index contributed by atoms with van der Waals surface area (Å²) in [5, 5.41) is 12.5. The van der Waals surface area contributed by atoms with Gasteiger partial charge in [0.05, 0.1) is 5.92 Å². The van der Waals surface area contributed by atoms with E-state index in [1.807, 2.05) is 14.0 Å². The third-order valence-corrected chi connectivity index (χ3v) is 6.26. The molecule has 0 bridgehead atoms. The smallest absolute Gasteiger partial charge is 0.307 e. The lowest BCUT2D eigenvalue weighted by Gasteiger charge is -2.51. The average Bonchev–Trinajstić information content (AvgIpc) is 2.55. The Bertz CT molecular complexity index is 660. The van der Waals surface area contributed by atoms with Gasteiger partial charge in [0.1, 0.15) is 5.82 Å². The minimum Gasteiger partial charge on any atom is -0.481 e. The van der Waals surface area contributed by atoms with Crippen LogP contribution in [0.2, 0.25) is 0 Å². The monoisotopic (exact) mass is 331 g/mol. The molecule has 4 heteroatoms. The number of anilines is 1.